The summed E-state index contributed by atoms with van der Waals surface area (Å²) in [6.45, 7) is 0. The summed E-state index contributed by atoms with van der Waals surface area (Å²) in [6, 6.07) is 9.67. The lowest BCUT2D eigenvalue weighted by Crippen LogP contribution is -2.01. The molecule has 0 saturated carbocycles. The lowest BCUT2D eigenvalue weighted by Gasteiger charge is -2.02. The van der Waals surface area contributed by atoms with Crippen LogP contribution in [0.15, 0.2) is 28.7 Å². The largest absolute Gasteiger partial charge is 0.110 e. The molecule has 0 aromatic heterocycles. The fraction of sp³-hybridized carbons (Fsp3) is 0.400. The standard InChI is InChI=1S/C10H13BrCl2Si/c11-9-5-1-3-8(7-9)4-2-6-14-10(12)13/h1,3,5,7,10H,2,4,6,14H2. The molecule has 0 aliphatic rings. The smallest absolute Gasteiger partial charge is 0.0908 e. The van der Waals surface area contributed by atoms with Crippen LogP contribution in [-0.4, -0.2) is 14.0 Å². The van der Waals surface area contributed by atoms with Gasteiger partial charge in [-0.2, -0.15) is 0 Å². The Labute approximate surface area is 106 Å². The van der Waals surface area contributed by atoms with E-state index in [0.717, 1.165) is 10.9 Å². The molecule has 14 heavy (non-hydrogen) atoms. The van der Waals surface area contributed by atoms with Crippen LogP contribution in [0.1, 0.15) is 12.0 Å². The van der Waals surface area contributed by atoms with E-state index >= 15 is 0 Å². The molecule has 0 saturated heterocycles. The monoisotopic (exact) mass is 310 g/mol. The van der Waals surface area contributed by atoms with Crippen molar-refractivity contribution in [3.63, 3.8) is 0 Å². The summed E-state index contributed by atoms with van der Waals surface area (Å²) in [7, 11) is -0.260. The first-order valence-electron chi connectivity index (χ1n) is 4.71. The first kappa shape index (κ1) is 12.6. The van der Waals surface area contributed by atoms with Gasteiger partial charge in [-0.25, -0.2) is 0 Å². The minimum atomic E-state index is -0.260. The van der Waals surface area contributed by atoms with Crippen LogP contribution in [0.3, 0.4) is 0 Å². The maximum absolute atomic E-state index is 5.70. The van der Waals surface area contributed by atoms with Crippen molar-refractivity contribution in [3.05, 3.63) is 34.3 Å². The molecule has 0 aliphatic heterocycles. The second-order valence-corrected chi connectivity index (χ2v) is 8.60. The Morgan fingerprint density at radius 2 is 2.14 bits per heavy atom. The summed E-state index contributed by atoms with van der Waals surface area (Å²) in [5, 5.41) is 0. The third kappa shape index (κ3) is 5.40. The summed E-state index contributed by atoms with van der Waals surface area (Å²) < 4.78 is 1.08. The number of benzene rings is 1. The van der Waals surface area contributed by atoms with Crippen molar-refractivity contribution in [1.82, 2.24) is 0 Å². The van der Waals surface area contributed by atoms with E-state index in [9.17, 15) is 0 Å². The molecule has 1 rings (SSSR count). The van der Waals surface area contributed by atoms with Gasteiger partial charge in [0.25, 0.3) is 0 Å². The van der Waals surface area contributed by atoms with E-state index in [0.29, 0.717) is 0 Å². The zero-order chi connectivity index (χ0) is 10.4. The van der Waals surface area contributed by atoms with Gasteiger partial charge in [0, 0.05) is 4.47 Å². The Hall–Kier alpha value is 0.497. The van der Waals surface area contributed by atoms with Crippen LogP contribution in [0.25, 0.3) is 0 Å². The van der Waals surface area contributed by atoms with Crippen molar-refractivity contribution < 1.29 is 0 Å². The molecule has 0 bridgehead atoms. The van der Waals surface area contributed by atoms with E-state index in [1.807, 2.05) is 6.07 Å². The fourth-order valence-electron chi connectivity index (χ4n) is 1.32. The van der Waals surface area contributed by atoms with Gasteiger partial charge < -0.3 is 0 Å². The van der Waals surface area contributed by atoms with Gasteiger partial charge in [-0.05, 0) is 24.1 Å². The van der Waals surface area contributed by atoms with Crippen molar-refractivity contribution in [2.75, 3.05) is 0 Å². The fourth-order valence-corrected chi connectivity index (χ4v) is 3.54. The number of rotatable bonds is 5. The third-order valence-electron chi connectivity index (χ3n) is 2.03. The number of hydrogen-bond acceptors (Lipinski definition) is 0. The van der Waals surface area contributed by atoms with Gasteiger partial charge in [0.2, 0.25) is 0 Å². The molecule has 78 valence electrons. The zero-order valence-corrected chi connectivity index (χ0v) is 12.4. The quantitative estimate of drug-likeness (QED) is 0.441. The van der Waals surface area contributed by atoms with Crippen molar-refractivity contribution >= 4 is 48.7 Å². The number of aryl methyl sites for hydroxylation is 1. The highest BCUT2D eigenvalue weighted by molar-refractivity contribution is 9.10. The molecular formula is C10H13BrCl2Si. The van der Waals surface area contributed by atoms with E-state index in [-0.39, 0.29) is 14.0 Å². The predicted octanol–water partition coefficient (Wildman–Crippen LogP) is 3.73. The van der Waals surface area contributed by atoms with Crippen molar-refractivity contribution in [1.29, 1.82) is 0 Å². The molecule has 1 aromatic rings. The van der Waals surface area contributed by atoms with E-state index < -0.39 is 0 Å². The molecule has 1 aromatic carbocycles. The molecule has 0 N–H and O–H groups in total. The summed E-state index contributed by atoms with van der Waals surface area (Å²) >= 11 is 14.9. The van der Waals surface area contributed by atoms with Crippen LogP contribution in [0.4, 0.5) is 0 Å². The Balaban J connectivity index is 2.25. The molecule has 0 atom stereocenters. The molecule has 0 unspecified atom stereocenters. The van der Waals surface area contributed by atoms with Gasteiger partial charge in [-0.1, -0.05) is 40.5 Å². The van der Waals surface area contributed by atoms with Crippen LogP contribution in [0.5, 0.6) is 0 Å². The first-order valence-corrected chi connectivity index (χ1v) is 8.19. The van der Waals surface area contributed by atoms with Crippen LogP contribution < -0.4 is 0 Å². The summed E-state index contributed by atoms with van der Waals surface area (Å²) in [6.07, 6.45) is 2.34. The van der Waals surface area contributed by atoms with Crippen molar-refractivity contribution in [2.45, 2.75) is 23.3 Å². The molecule has 0 heterocycles. The van der Waals surface area contributed by atoms with Crippen molar-refractivity contribution in [3.8, 4) is 0 Å². The Morgan fingerprint density at radius 1 is 1.36 bits per heavy atom. The summed E-state index contributed by atoms with van der Waals surface area (Å²) in [4.78, 5) is 0. The SMILES string of the molecule is ClC(Cl)[SiH2]CCCc1cccc(Br)c1. The van der Waals surface area contributed by atoms with Crippen LogP contribution >= 0.6 is 39.1 Å². The molecule has 0 fully saturated rings. The van der Waals surface area contributed by atoms with Crippen LogP contribution in [0.2, 0.25) is 6.04 Å². The highest BCUT2D eigenvalue weighted by Crippen LogP contribution is 2.14. The minimum absolute atomic E-state index is 0.0718. The highest BCUT2D eigenvalue weighted by Gasteiger charge is 2.00. The van der Waals surface area contributed by atoms with Gasteiger partial charge in [-0.15, -0.1) is 23.2 Å². The Bertz CT molecular complexity index is 279. The maximum atomic E-state index is 5.70. The summed E-state index contributed by atoms with van der Waals surface area (Å²) in [5.74, 6) is 0. The van der Waals surface area contributed by atoms with Crippen LogP contribution in [0, 0.1) is 0 Å². The first-order chi connectivity index (χ1) is 6.68. The Morgan fingerprint density at radius 3 is 2.79 bits per heavy atom. The Kier molecular flexibility index (Phi) is 6.18. The predicted molar refractivity (Wildman–Crippen MR) is 71.3 cm³/mol. The van der Waals surface area contributed by atoms with Crippen molar-refractivity contribution in [2.24, 2.45) is 0 Å². The molecular weight excluding hydrogens is 299 g/mol. The molecule has 0 aliphatic carbocycles. The topological polar surface area (TPSA) is 0 Å². The average molecular weight is 312 g/mol. The third-order valence-corrected chi connectivity index (χ3v) is 5.17. The zero-order valence-electron chi connectivity index (χ0n) is 7.85. The summed E-state index contributed by atoms with van der Waals surface area (Å²) in [5.41, 5.74) is 1.38. The second-order valence-electron chi connectivity index (χ2n) is 3.27. The normalized spacial score (nSPS) is 11.7. The maximum Gasteiger partial charge on any atom is 0.0908 e. The number of hydrogen-bond donors (Lipinski definition) is 0. The van der Waals surface area contributed by atoms with Gasteiger partial charge in [-0.3, -0.25) is 0 Å². The van der Waals surface area contributed by atoms with E-state index in [1.54, 1.807) is 0 Å². The molecule has 0 amide bonds. The molecule has 0 spiro atoms. The van der Waals surface area contributed by atoms with Gasteiger partial charge in [0.1, 0.15) is 0 Å². The lowest BCUT2D eigenvalue weighted by molar-refractivity contribution is 0.913. The molecule has 0 nitrogen and oxygen atoms in total. The van der Waals surface area contributed by atoms with E-state index in [1.165, 1.54) is 18.0 Å². The van der Waals surface area contributed by atoms with Gasteiger partial charge in [0.05, 0.1) is 14.0 Å². The van der Waals surface area contributed by atoms with Gasteiger partial charge in [0.15, 0.2) is 0 Å². The number of alkyl halides is 2. The minimum Gasteiger partial charge on any atom is -0.110 e. The lowest BCUT2D eigenvalue weighted by atomic mass is 10.1. The molecule has 0 radical (unpaired) electrons. The second kappa shape index (κ2) is 6.89. The van der Waals surface area contributed by atoms with E-state index in [2.05, 4.69) is 34.1 Å². The number of halogens is 3. The van der Waals surface area contributed by atoms with Crippen LogP contribution in [-0.2, 0) is 6.42 Å². The molecule has 4 heteroatoms. The van der Waals surface area contributed by atoms with E-state index in [4.69, 9.17) is 23.2 Å². The highest BCUT2D eigenvalue weighted by atomic mass is 79.9. The average Bonchev–Trinajstić information content (AvgIpc) is 2.12. The van der Waals surface area contributed by atoms with Gasteiger partial charge >= 0.3 is 0 Å².